The van der Waals surface area contributed by atoms with Gasteiger partial charge in [-0.05, 0) is 24.3 Å². The van der Waals surface area contributed by atoms with E-state index in [4.69, 9.17) is 18.0 Å². The molecule has 3 N–H and O–H groups in total. The number of thiocarbonyl (C=S) groups is 1. The minimum absolute atomic E-state index is 0.429. The fourth-order valence-corrected chi connectivity index (χ4v) is 2.89. The first kappa shape index (κ1) is 10.6. The van der Waals surface area contributed by atoms with E-state index < -0.39 is 0 Å². The minimum atomic E-state index is 0.429. The molecular formula is C13H10N2S2. The summed E-state index contributed by atoms with van der Waals surface area (Å²) in [4.78, 5) is 2.87. The largest absolute Gasteiger partial charge is 0.389 e. The Morgan fingerprint density at radius 3 is 2.65 bits per heavy atom. The Hall–Kier alpha value is -1.52. The second-order valence-corrected chi connectivity index (χ2v) is 5.32. The number of hydrogen-bond donors (Lipinski definition) is 2. The van der Waals surface area contributed by atoms with Gasteiger partial charge in [-0.25, -0.2) is 0 Å². The van der Waals surface area contributed by atoms with Crippen LogP contribution in [0.2, 0.25) is 0 Å². The molecule has 3 rings (SSSR count). The minimum Gasteiger partial charge on any atom is -0.389 e. The lowest BCUT2D eigenvalue weighted by Crippen LogP contribution is -2.10. The maximum atomic E-state index is 5.64. The molecule has 1 aliphatic rings. The summed E-state index contributed by atoms with van der Waals surface area (Å²) in [5, 5.41) is 3.40. The smallest absolute Gasteiger partial charge is 0.104 e. The summed E-state index contributed by atoms with van der Waals surface area (Å²) in [6.07, 6.45) is 0. The highest BCUT2D eigenvalue weighted by Crippen LogP contribution is 2.43. The van der Waals surface area contributed by atoms with Crippen LogP contribution in [0.15, 0.2) is 52.3 Å². The number of hydrogen-bond acceptors (Lipinski definition) is 3. The van der Waals surface area contributed by atoms with Crippen molar-refractivity contribution in [3.05, 3.63) is 48.0 Å². The maximum Gasteiger partial charge on any atom is 0.104 e. The van der Waals surface area contributed by atoms with Crippen molar-refractivity contribution in [2.75, 3.05) is 5.32 Å². The molecule has 0 saturated heterocycles. The molecule has 0 amide bonds. The number of nitrogens with one attached hydrogen (secondary N) is 1. The molecule has 0 spiro atoms. The Labute approximate surface area is 109 Å². The van der Waals surface area contributed by atoms with Crippen LogP contribution in [0.3, 0.4) is 0 Å². The van der Waals surface area contributed by atoms with E-state index in [1.165, 1.54) is 9.79 Å². The van der Waals surface area contributed by atoms with E-state index >= 15 is 0 Å². The molecule has 2 nitrogen and oxygen atoms in total. The van der Waals surface area contributed by atoms with Gasteiger partial charge in [0.05, 0.1) is 11.4 Å². The third kappa shape index (κ3) is 1.90. The molecule has 0 bridgehead atoms. The van der Waals surface area contributed by atoms with E-state index in [-0.39, 0.29) is 0 Å². The number of para-hydroxylation sites is 1. The van der Waals surface area contributed by atoms with Crippen LogP contribution in [0.1, 0.15) is 5.56 Å². The van der Waals surface area contributed by atoms with E-state index in [9.17, 15) is 0 Å². The van der Waals surface area contributed by atoms with Gasteiger partial charge in [0, 0.05) is 15.4 Å². The number of nitrogens with two attached hydrogens (primary N) is 1. The van der Waals surface area contributed by atoms with E-state index in [1.807, 2.05) is 24.3 Å². The zero-order chi connectivity index (χ0) is 11.8. The van der Waals surface area contributed by atoms with E-state index in [0.717, 1.165) is 16.9 Å². The number of anilines is 2. The van der Waals surface area contributed by atoms with Crippen molar-refractivity contribution in [3.8, 4) is 0 Å². The lowest BCUT2D eigenvalue weighted by atomic mass is 10.2. The molecule has 0 saturated carbocycles. The summed E-state index contributed by atoms with van der Waals surface area (Å²) in [7, 11) is 0. The Kier molecular flexibility index (Phi) is 2.53. The van der Waals surface area contributed by atoms with E-state index in [1.54, 1.807) is 11.8 Å². The Morgan fingerprint density at radius 2 is 1.82 bits per heavy atom. The fourth-order valence-electron chi connectivity index (χ4n) is 1.79. The Balaban J connectivity index is 2.06. The van der Waals surface area contributed by atoms with E-state index in [2.05, 4.69) is 23.5 Å². The first-order valence-electron chi connectivity index (χ1n) is 5.22. The summed E-state index contributed by atoms with van der Waals surface area (Å²) in [6.45, 7) is 0. The van der Waals surface area contributed by atoms with Gasteiger partial charge >= 0.3 is 0 Å². The number of benzene rings is 2. The van der Waals surface area contributed by atoms with Crippen LogP contribution in [0.25, 0.3) is 0 Å². The summed E-state index contributed by atoms with van der Waals surface area (Å²) in [6, 6.07) is 14.3. The molecule has 0 aliphatic carbocycles. The third-order valence-electron chi connectivity index (χ3n) is 2.64. The molecule has 17 heavy (non-hydrogen) atoms. The van der Waals surface area contributed by atoms with Gasteiger partial charge < -0.3 is 11.1 Å². The zero-order valence-electron chi connectivity index (χ0n) is 8.94. The molecule has 0 aromatic heterocycles. The molecule has 0 radical (unpaired) electrons. The van der Waals surface area contributed by atoms with Crippen molar-refractivity contribution in [2.45, 2.75) is 9.79 Å². The normalized spacial score (nSPS) is 12.2. The topological polar surface area (TPSA) is 38.0 Å². The molecular weight excluding hydrogens is 248 g/mol. The van der Waals surface area contributed by atoms with Crippen molar-refractivity contribution < 1.29 is 0 Å². The molecule has 2 aromatic carbocycles. The number of rotatable bonds is 1. The average molecular weight is 258 g/mol. The second kappa shape index (κ2) is 4.05. The summed E-state index contributed by atoms with van der Waals surface area (Å²) in [5.41, 5.74) is 8.73. The average Bonchev–Trinajstić information content (AvgIpc) is 2.35. The van der Waals surface area contributed by atoms with Gasteiger partial charge in [0.2, 0.25) is 0 Å². The third-order valence-corrected chi connectivity index (χ3v) is 4.03. The SMILES string of the molecule is NC(=S)c1ccc2c(c1)Nc1ccccc1S2. The van der Waals surface area contributed by atoms with Crippen LogP contribution >= 0.6 is 24.0 Å². The predicted octanol–water partition coefficient (Wildman–Crippen LogP) is 3.53. The van der Waals surface area contributed by atoms with Gasteiger partial charge in [-0.3, -0.25) is 0 Å². The van der Waals surface area contributed by atoms with Crippen LogP contribution in [0.5, 0.6) is 0 Å². The highest BCUT2D eigenvalue weighted by atomic mass is 32.2. The summed E-state index contributed by atoms with van der Waals surface area (Å²) in [5.74, 6) is 0. The van der Waals surface area contributed by atoms with Crippen LogP contribution in [0.4, 0.5) is 11.4 Å². The van der Waals surface area contributed by atoms with Crippen LogP contribution in [-0.4, -0.2) is 4.99 Å². The lowest BCUT2D eigenvalue weighted by molar-refractivity contribution is 1.31. The van der Waals surface area contributed by atoms with Crippen molar-refractivity contribution >= 4 is 40.3 Å². The maximum absolute atomic E-state index is 5.64. The van der Waals surface area contributed by atoms with Crippen molar-refractivity contribution in [2.24, 2.45) is 5.73 Å². The Morgan fingerprint density at radius 1 is 1.06 bits per heavy atom. The van der Waals surface area contributed by atoms with Crippen LogP contribution in [0, 0.1) is 0 Å². The van der Waals surface area contributed by atoms with Gasteiger partial charge in [0.15, 0.2) is 0 Å². The molecule has 0 unspecified atom stereocenters. The fraction of sp³-hybridized carbons (Fsp3) is 0. The lowest BCUT2D eigenvalue weighted by Gasteiger charge is -2.21. The molecule has 1 aliphatic heterocycles. The summed E-state index contributed by atoms with van der Waals surface area (Å²) >= 11 is 6.74. The highest BCUT2D eigenvalue weighted by Gasteiger charge is 2.15. The number of fused-ring (bicyclic) bond motifs is 2. The Bertz CT molecular complexity index is 608. The van der Waals surface area contributed by atoms with Crippen molar-refractivity contribution in [3.63, 3.8) is 0 Å². The van der Waals surface area contributed by atoms with Gasteiger partial charge in [-0.1, -0.05) is 42.2 Å². The van der Waals surface area contributed by atoms with Gasteiger partial charge in [-0.15, -0.1) is 0 Å². The first-order chi connectivity index (χ1) is 8.24. The van der Waals surface area contributed by atoms with E-state index in [0.29, 0.717) is 4.99 Å². The molecule has 84 valence electrons. The second-order valence-electron chi connectivity index (χ2n) is 3.80. The van der Waals surface area contributed by atoms with Crippen LogP contribution < -0.4 is 11.1 Å². The monoisotopic (exact) mass is 258 g/mol. The van der Waals surface area contributed by atoms with Crippen molar-refractivity contribution in [1.29, 1.82) is 0 Å². The molecule has 0 fully saturated rings. The summed E-state index contributed by atoms with van der Waals surface area (Å²) < 4.78 is 0. The van der Waals surface area contributed by atoms with Gasteiger partial charge in [0.25, 0.3) is 0 Å². The standard InChI is InChI=1S/C13H10N2S2/c14-13(16)8-5-6-12-10(7-8)15-9-3-1-2-4-11(9)17-12/h1-7,15H,(H2,14,16). The van der Waals surface area contributed by atoms with Gasteiger partial charge in [0.1, 0.15) is 4.99 Å². The van der Waals surface area contributed by atoms with Crippen molar-refractivity contribution in [1.82, 2.24) is 0 Å². The molecule has 4 heteroatoms. The molecule has 1 heterocycles. The van der Waals surface area contributed by atoms with Crippen LogP contribution in [-0.2, 0) is 0 Å². The predicted molar refractivity (Wildman–Crippen MR) is 76.2 cm³/mol. The quantitative estimate of drug-likeness (QED) is 0.655. The van der Waals surface area contributed by atoms with Gasteiger partial charge in [-0.2, -0.15) is 0 Å². The molecule has 2 aromatic rings. The molecule has 0 atom stereocenters. The zero-order valence-corrected chi connectivity index (χ0v) is 10.6. The first-order valence-corrected chi connectivity index (χ1v) is 6.44. The highest BCUT2D eigenvalue weighted by molar-refractivity contribution is 7.99.